The predicted molar refractivity (Wildman–Crippen MR) is 101 cm³/mol. The molecule has 1 aliphatic rings. The molecular weight excluding hydrogens is 376 g/mol. The van der Waals surface area contributed by atoms with Gasteiger partial charge in [-0.05, 0) is 36.8 Å². The van der Waals surface area contributed by atoms with Gasteiger partial charge >= 0.3 is 5.97 Å². The van der Waals surface area contributed by atoms with Crippen LogP contribution < -0.4 is 14.8 Å². The van der Waals surface area contributed by atoms with E-state index in [9.17, 15) is 9.59 Å². The van der Waals surface area contributed by atoms with Crippen LogP contribution in [0, 0.1) is 6.92 Å². The lowest BCUT2D eigenvalue weighted by Crippen LogP contribution is -2.28. The van der Waals surface area contributed by atoms with Crippen molar-refractivity contribution in [2.45, 2.75) is 13.5 Å². The van der Waals surface area contributed by atoms with Crippen LogP contribution >= 0.6 is 0 Å². The first-order valence-corrected chi connectivity index (χ1v) is 8.92. The summed E-state index contributed by atoms with van der Waals surface area (Å²) in [5.41, 5.74) is 2.05. The zero-order valence-corrected chi connectivity index (χ0v) is 15.6. The number of hydrogen-bond acceptors (Lipinski definition) is 7. The molecule has 0 radical (unpaired) electrons. The fourth-order valence-electron chi connectivity index (χ4n) is 2.75. The second-order valence-electron chi connectivity index (χ2n) is 6.30. The fraction of sp³-hybridized carbons (Fsp3) is 0.200. The minimum absolute atomic E-state index is 0.0671. The van der Waals surface area contributed by atoms with Gasteiger partial charge in [-0.15, -0.1) is 5.10 Å². The van der Waals surface area contributed by atoms with E-state index in [2.05, 4.69) is 15.5 Å². The summed E-state index contributed by atoms with van der Waals surface area (Å²) in [5, 5.41) is 11.1. The molecule has 9 nitrogen and oxygen atoms in total. The van der Waals surface area contributed by atoms with Crippen LogP contribution in [-0.4, -0.2) is 40.3 Å². The standard InChI is InChI=1S/C20H18N4O5/c1-13-19(23-24(22-13)15-5-3-2-4-6-15)20(26)27-11-18(25)21-10-14-7-8-16-17(9-14)29-12-28-16/h2-9H,10-12H2,1H3,(H,21,25). The molecule has 9 heteroatoms. The Morgan fingerprint density at radius 2 is 1.90 bits per heavy atom. The zero-order chi connectivity index (χ0) is 20.2. The van der Waals surface area contributed by atoms with Gasteiger partial charge in [-0.2, -0.15) is 9.90 Å². The lowest BCUT2D eigenvalue weighted by molar-refractivity contribution is -0.124. The van der Waals surface area contributed by atoms with Crippen molar-refractivity contribution in [1.29, 1.82) is 0 Å². The number of carbonyl (C=O) groups excluding carboxylic acids is 2. The number of para-hydroxylation sites is 1. The van der Waals surface area contributed by atoms with Gasteiger partial charge in [0.25, 0.3) is 5.91 Å². The lowest BCUT2D eigenvalue weighted by Gasteiger charge is -2.07. The Hall–Kier alpha value is -3.88. The number of benzene rings is 2. The molecule has 2 heterocycles. The molecule has 148 valence electrons. The number of ether oxygens (including phenoxy) is 3. The molecule has 0 atom stereocenters. The number of amides is 1. The third-order valence-electron chi connectivity index (χ3n) is 4.22. The first-order chi connectivity index (χ1) is 14.1. The van der Waals surface area contributed by atoms with Gasteiger partial charge in [-0.1, -0.05) is 24.3 Å². The summed E-state index contributed by atoms with van der Waals surface area (Å²) in [6.45, 7) is 1.70. The average molecular weight is 394 g/mol. The largest absolute Gasteiger partial charge is 0.454 e. The van der Waals surface area contributed by atoms with Gasteiger partial charge in [0.15, 0.2) is 23.8 Å². The van der Waals surface area contributed by atoms with Crippen molar-refractivity contribution in [2.24, 2.45) is 0 Å². The number of rotatable bonds is 6. The molecule has 1 N–H and O–H groups in total. The minimum atomic E-state index is -0.706. The van der Waals surface area contributed by atoms with Crippen molar-refractivity contribution in [3.8, 4) is 17.2 Å². The monoisotopic (exact) mass is 394 g/mol. The lowest BCUT2D eigenvalue weighted by atomic mass is 10.2. The van der Waals surface area contributed by atoms with Crippen molar-refractivity contribution in [3.63, 3.8) is 0 Å². The zero-order valence-electron chi connectivity index (χ0n) is 15.6. The van der Waals surface area contributed by atoms with Gasteiger partial charge < -0.3 is 19.5 Å². The molecule has 0 bridgehead atoms. The Morgan fingerprint density at radius 3 is 2.72 bits per heavy atom. The van der Waals surface area contributed by atoms with Gasteiger partial charge in [0.05, 0.1) is 11.4 Å². The normalized spacial score (nSPS) is 11.9. The van der Waals surface area contributed by atoms with Crippen molar-refractivity contribution < 1.29 is 23.8 Å². The SMILES string of the molecule is Cc1nn(-c2ccccc2)nc1C(=O)OCC(=O)NCc1ccc2c(c1)OCO2. The number of nitrogens with one attached hydrogen (secondary N) is 1. The molecule has 0 saturated heterocycles. The van der Waals surface area contributed by atoms with Crippen molar-refractivity contribution in [2.75, 3.05) is 13.4 Å². The van der Waals surface area contributed by atoms with Crippen LogP contribution in [0.2, 0.25) is 0 Å². The van der Waals surface area contributed by atoms with E-state index < -0.39 is 18.5 Å². The minimum Gasteiger partial charge on any atom is -0.454 e. The smallest absolute Gasteiger partial charge is 0.361 e. The van der Waals surface area contributed by atoms with Crippen LogP contribution in [0.15, 0.2) is 48.5 Å². The Kier molecular flexibility index (Phi) is 5.10. The highest BCUT2D eigenvalue weighted by atomic mass is 16.7. The maximum Gasteiger partial charge on any atom is 0.361 e. The molecule has 29 heavy (non-hydrogen) atoms. The number of nitrogens with zero attached hydrogens (tertiary/aromatic N) is 3. The summed E-state index contributed by atoms with van der Waals surface area (Å²) in [6.07, 6.45) is 0. The molecule has 3 aromatic rings. The molecule has 0 aliphatic carbocycles. The summed E-state index contributed by atoms with van der Waals surface area (Å²) < 4.78 is 15.6. The Bertz CT molecular complexity index is 1050. The average Bonchev–Trinajstić information content (AvgIpc) is 3.37. The molecule has 0 saturated carbocycles. The second-order valence-corrected chi connectivity index (χ2v) is 6.30. The van der Waals surface area contributed by atoms with E-state index in [0.29, 0.717) is 17.2 Å². The molecule has 0 unspecified atom stereocenters. The van der Waals surface area contributed by atoms with Crippen LogP contribution in [-0.2, 0) is 16.1 Å². The first kappa shape index (κ1) is 18.5. The summed E-state index contributed by atoms with van der Waals surface area (Å²) in [7, 11) is 0. The van der Waals surface area contributed by atoms with Gasteiger partial charge in [-0.3, -0.25) is 4.79 Å². The number of aryl methyl sites for hydroxylation is 1. The Morgan fingerprint density at radius 1 is 1.10 bits per heavy atom. The molecule has 1 amide bonds. The van der Waals surface area contributed by atoms with Gasteiger partial charge in [-0.25, -0.2) is 4.79 Å². The van der Waals surface area contributed by atoms with Crippen LogP contribution in [0.1, 0.15) is 21.7 Å². The van der Waals surface area contributed by atoms with Crippen molar-refractivity contribution in [3.05, 3.63) is 65.5 Å². The maximum atomic E-state index is 12.3. The highest BCUT2D eigenvalue weighted by Crippen LogP contribution is 2.32. The molecule has 4 rings (SSSR count). The fourth-order valence-corrected chi connectivity index (χ4v) is 2.75. The number of carbonyl (C=O) groups is 2. The van der Waals surface area contributed by atoms with E-state index in [1.54, 1.807) is 19.1 Å². The van der Waals surface area contributed by atoms with Crippen LogP contribution in [0.25, 0.3) is 5.69 Å². The molecule has 1 aromatic heterocycles. The molecular formula is C20H18N4O5. The van der Waals surface area contributed by atoms with E-state index in [0.717, 1.165) is 11.3 Å². The van der Waals surface area contributed by atoms with Gasteiger partial charge in [0.1, 0.15) is 0 Å². The maximum absolute atomic E-state index is 12.3. The van der Waals surface area contributed by atoms with E-state index in [4.69, 9.17) is 14.2 Å². The second kappa shape index (κ2) is 8.01. The van der Waals surface area contributed by atoms with Crippen molar-refractivity contribution in [1.82, 2.24) is 20.3 Å². The van der Waals surface area contributed by atoms with E-state index in [1.807, 2.05) is 36.4 Å². The van der Waals surface area contributed by atoms with Crippen LogP contribution in [0.4, 0.5) is 0 Å². The first-order valence-electron chi connectivity index (χ1n) is 8.92. The molecule has 0 fully saturated rings. The highest BCUT2D eigenvalue weighted by Gasteiger charge is 2.19. The predicted octanol–water partition coefficient (Wildman–Crippen LogP) is 1.78. The Balaban J connectivity index is 1.30. The molecule has 1 aliphatic heterocycles. The third kappa shape index (κ3) is 4.18. The summed E-state index contributed by atoms with van der Waals surface area (Å²) >= 11 is 0. The van der Waals surface area contributed by atoms with E-state index >= 15 is 0 Å². The molecule has 2 aromatic carbocycles. The van der Waals surface area contributed by atoms with Gasteiger partial charge in [0, 0.05) is 6.54 Å². The van der Waals surface area contributed by atoms with E-state index in [-0.39, 0.29) is 19.0 Å². The third-order valence-corrected chi connectivity index (χ3v) is 4.22. The summed E-state index contributed by atoms with van der Waals surface area (Å²) in [6, 6.07) is 14.6. The summed E-state index contributed by atoms with van der Waals surface area (Å²) in [5.74, 6) is 0.181. The highest BCUT2D eigenvalue weighted by molar-refractivity contribution is 5.90. The number of esters is 1. The Labute approximate surface area is 166 Å². The molecule has 0 spiro atoms. The number of hydrogen-bond donors (Lipinski definition) is 1. The van der Waals surface area contributed by atoms with E-state index in [1.165, 1.54) is 4.80 Å². The topological polar surface area (TPSA) is 105 Å². The summed E-state index contributed by atoms with van der Waals surface area (Å²) in [4.78, 5) is 25.6. The van der Waals surface area contributed by atoms with Crippen molar-refractivity contribution >= 4 is 11.9 Å². The van der Waals surface area contributed by atoms with Crippen LogP contribution in [0.5, 0.6) is 11.5 Å². The number of aromatic nitrogens is 3. The quantitative estimate of drug-likeness (QED) is 0.636. The van der Waals surface area contributed by atoms with Gasteiger partial charge in [0.2, 0.25) is 6.79 Å². The van der Waals surface area contributed by atoms with Crippen LogP contribution in [0.3, 0.4) is 0 Å². The number of fused-ring (bicyclic) bond motifs is 1.